The third kappa shape index (κ3) is 9.05. The molecular weight excluding hydrogens is 393 g/mol. The van der Waals surface area contributed by atoms with Crippen LogP contribution in [0.25, 0.3) is 0 Å². The summed E-state index contributed by atoms with van der Waals surface area (Å²) < 4.78 is 58.8. The number of nitrogens with one attached hydrogen (secondary N) is 1. The topological polar surface area (TPSA) is 86.5 Å². The number of carbonyl (C=O) groups is 1. The SMILES string of the molecule is COC(CN)CC(=O)Nc1ccc(OCC(F)(F)C(F)F)nc1.Cl.Cl. The molecule has 146 valence electrons. The van der Waals surface area contributed by atoms with Gasteiger partial charge in [0, 0.05) is 19.7 Å². The molecule has 25 heavy (non-hydrogen) atoms. The average molecular weight is 412 g/mol. The first kappa shape index (κ1) is 25.9. The van der Waals surface area contributed by atoms with Crippen molar-refractivity contribution in [3.63, 3.8) is 0 Å². The second-order valence-electron chi connectivity index (χ2n) is 4.58. The Morgan fingerprint density at radius 1 is 1.36 bits per heavy atom. The minimum absolute atomic E-state index is 0. The van der Waals surface area contributed by atoms with Crippen LogP contribution in [0.15, 0.2) is 18.3 Å². The van der Waals surface area contributed by atoms with Crippen LogP contribution < -0.4 is 15.8 Å². The Kier molecular flexibility index (Phi) is 12.5. The van der Waals surface area contributed by atoms with Crippen LogP contribution >= 0.6 is 24.8 Å². The molecule has 12 heteroatoms. The monoisotopic (exact) mass is 411 g/mol. The minimum Gasteiger partial charge on any atom is -0.471 e. The number of nitrogens with zero attached hydrogens (tertiary/aromatic N) is 1. The minimum atomic E-state index is -4.26. The number of alkyl halides is 4. The van der Waals surface area contributed by atoms with Crippen molar-refractivity contribution in [2.45, 2.75) is 24.9 Å². The number of hydrogen-bond donors (Lipinski definition) is 2. The van der Waals surface area contributed by atoms with E-state index < -0.39 is 25.1 Å². The van der Waals surface area contributed by atoms with E-state index in [9.17, 15) is 22.4 Å². The van der Waals surface area contributed by atoms with Crippen molar-refractivity contribution in [1.82, 2.24) is 4.98 Å². The average Bonchev–Trinajstić information content (AvgIpc) is 2.51. The highest BCUT2D eigenvalue weighted by molar-refractivity contribution is 5.90. The molecule has 0 aliphatic heterocycles. The Bertz CT molecular complexity index is 506. The van der Waals surface area contributed by atoms with Gasteiger partial charge >= 0.3 is 12.3 Å². The van der Waals surface area contributed by atoms with E-state index in [1.807, 2.05) is 0 Å². The van der Waals surface area contributed by atoms with Crippen molar-refractivity contribution in [3.05, 3.63) is 18.3 Å². The first-order valence-corrected chi connectivity index (χ1v) is 6.56. The molecule has 0 aliphatic carbocycles. The lowest BCUT2D eigenvalue weighted by Crippen LogP contribution is -2.33. The van der Waals surface area contributed by atoms with Crippen LogP contribution in [0.2, 0.25) is 0 Å². The fourth-order valence-electron chi connectivity index (χ4n) is 1.45. The van der Waals surface area contributed by atoms with E-state index in [2.05, 4.69) is 15.0 Å². The zero-order valence-corrected chi connectivity index (χ0v) is 14.7. The molecule has 0 radical (unpaired) electrons. The third-order valence-corrected chi connectivity index (χ3v) is 2.76. The maximum Gasteiger partial charge on any atom is 0.340 e. The number of anilines is 1. The molecule has 1 amide bonds. The molecular formula is C13H19Cl2F4N3O3. The first-order chi connectivity index (χ1) is 10.8. The summed E-state index contributed by atoms with van der Waals surface area (Å²) in [6, 6.07) is 2.51. The van der Waals surface area contributed by atoms with Gasteiger partial charge in [-0.3, -0.25) is 4.79 Å². The van der Waals surface area contributed by atoms with Crippen LogP contribution in [0.4, 0.5) is 23.2 Å². The molecule has 1 aromatic heterocycles. The van der Waals surface area contributed by atoms with Crippen molar-refractivity contribution in [2.24, 2.45) is 5.73 Å². The second kappa shape index (κ2) is 12.1. The summed E-state index contributed by atoms with van der Waals surface area (Å²) in [7, 11) is 1.42. The van der Waals surface area contributed by atoms with E-state index in [0.29, 0.717) is 0 Å². The number of amides is 1. The van der Waals surface area contributed by atoms with Crippen LogP contribution in [0.3, 0.4) is 0 Å². The summed E-state index contributed by atoms with van der Waals surface area (Å²) in [6.07, 6.45) is -3.07. The molecule has 1 aromatic rings. The molecule has 1 unspecified atom stereocenters. The molecule has 0 spiro atoms. The number of rotatable bonds is 9. The van der Waals surface area contributed by atoms with Crippen LogP contribution in [-0.4, -0.2) is 49.6 Å². The van der Waals surface area contributed by atoms with Crippen molar-refractivity contribution >= 4 is 36.4 Å². The Morgan fingerprint density at radius 2 is 2.00 bits per heavy atom. The van der Waals surface area contributed by atoms with E-state index in [1.165, 1.54) is 19.2 Å². The number of aromatic nitrogens is 1. The fourth-order valence-corrected chi connectivity index (χ4v) is 1.45. The predicted octanol–water partition coefficient (Wildman–Crippen LogP) is 2.51. The standard InChI is InChI=1S/C13H17F4N3O3.2ClH/c1-22-9(5-18)4-10(21)20-8-2-3-11(19-6-8)23-7-13(16,17)12(14)15;;/h2-3,6,9,12H,4-5,7,18H2,1H3,(H,20,21);2*1H. The van der Waals surface area contributed by atoms with Gasteiger partial charge in [-0.2, -0.15) is 8.78 Å². The normalized spacial score (nSPS) is 12.0. The van der Waals surface area contributed by atoms with Gasteiger partial charge in [0.15, 0.2) is 6.61 Å². The van der Waals surface area contributed by atoms with Gasteiger partial charge in [0.25, 0.3) is 0 Å². The molecule has 0 saturated heterocycles. The van der Waals surface area contributed by atoms with Crippen molar-refractivity contribution in [3.8, 4) is 5.88 Å². The Hall–Kier alpha value is -1.36. The highest BCUT2D eigenvalue weighted by Gasteiger charge is 2.41. The summed E-state index contributed by atoms with van der Waals surface area (Å²) in [6.45, 7) is -1.32. The summed E-state index contributed by atoms with van der Waals surface area (Å²) >= 11 is 0. The smallest absolute Gasteiger partial charge is 0.340 e. The van der Waals surface area contributed by atoms with E-state index in [4.69, 9.17) is 10.5 Å². The number of carbonyl (C=O) groups excluding carboxylic acids is 1. The molecule has 3 N–H and O–H groups in total. The number of hydrogen-bond acceptors (Lipinski definition) is 5. The Morgan fingerprint density at radius 3 is 2.44 bits per heavy atom. The lowest BCUT2D eigenvalue weighted by molar-refractivity contribution is -0.148. The molecule has 1 heterocycles. The maximum atomic E-state index is 12.7. The Balaban J connectivity index is 0. The zero-order chi connectivity index (χ0) is 17.5. The van der Waals surface area contributed by atoms with Gasteiger partial charge in [-0.05, 0) is 6.07 Å². The van der Waals surface area contributed by atoms with Gasteiger partial charge in [-0.1, -0.05) is 0 Å². The number of ether oxygens (including phenoxy) is 2. The van der Waals surface area contributed by atoms with Crippen LogP contribution in [0.5, 0.6) is 5.88 Å². The summed E-state index contributed by atoms with van der Waals surface area (Å²) in [4.78, 5) is 15.3. The van der Waals surface area contributed by atoms with Gasteiger partial charge in [-0.15, -0.1) is 24.8 Å². The van der Waals surface area contributed by atoms with E-state index in [0.717, 1.165) is 6.20 Å². The quantitative estimate of drug-likeness (QED) is 0.609. The molecule has 0 aromatic carbocycles. The fraction of sp³-hybridized carbons (Fsp3) is 0.538. The van der Waals surface area contributed by atoms with Crippen LogP contribution in [0.1, 0.15) is 6.42 Å². The van der Waals surface area contributed by atoms with E-state index >= 15 is 0 Å². The van der Waals surface area contributed by atoms with Gasteiger partial charge in [0.1, 0.15) is 0 Å². The molecule has 0 saturated carbocycles. The van der Waals surface area contributed by atoms with E-state index in [1.54, 1.807) is 0 Å². The second-order valence-corrected chi connectivity index (χ2v) is 4.58. The summed E-state index contributed by atoms with van der Waals surface area (Å²) in [5.74, 6) is -4.89. The number of halogens is 6. The third-order valence-electron chi connectivity index (χ3n) is 2.76. The molecule has 1 atom stereocenters. The molecule has 6 nitrogen and oxygen atoms in total. The lowest BCUT2D eigenvalue weighted by atomic mass is 10.2. The van der Waals surface area contributed by atoms with Gasteiger partial charge in [0.2, 0.25) is 11.8 Å². The molecule has 0 bridgehead atoms. The summed E-state index contributed by atoms with van der Waals surface area (Å²) in [5, 5.41) is 2.50. The van der Waals surface area contributed by atoms with Crippen LogP contribution in [0, 0.1) is 0 Å². The molecule has 0 aliphatic rings. The number of methoxy groups -OCH3 is 1. The van der Waals surface area contributed by atoms with Crippen molar-refractivity contribution in [2.75, 3.05) is 25.6 Å². The zero-order valence-electron chi connectivity index (χ0n) is 13.1. The molecule has 1 rings (SSSR count). The van der Waals surface area contributed by atoms with Gasteiger partial charge in [-0.25, -0.2) is 13.8 Å². The Labute approximate surface area is 154 Å². The summed E-state index contributed by atoms with van der Waals surface area (Å²) in [5.41, 5.74) is 5.67. The molecule has 0 fully saturated rings. The first-order valence-electron chi connectivity index (χ1n) is 6.56. The largest absolute Gasteiger partial charge is 0.471 e. The van der Waals surface area contributed by atoms with Gasteiger partial charge in [0.05, 0.1) is 24.4 Å². The highest BCUT2D eigenvalue weighted by Crippen LogP contribution is 2.24. The number of pyridine rings is 1. The van der Waals surface area contributed by atoms with Gasteiger partial charge < -0.3 is 20.5 Å². The van der Waals surface area contributed by atoms with Crippen molar-refractivity contribution in [1.29, 1.82) is 0 Å². The van der Waals surface area contributed by atoms with Crippen molar-refractivity contribution < 1.29 is 31.8 Å². The van der Waals surface area contributed by atoms with E-state index in [-0.39, 0.29) is 55.3 Å². The number of nitrogens with two attached hydrogens (primary N) is 1. The van der Waals surface area contributed by atoms with Crippen LogP contribution in [-0.2, 0) is 9.53 Å². The highest BCUT2D eigenvalue weighted by atomic mass is 35.5. The predicted molar refractivity (Wildman–Crippen MR) is 88.3 cm³/mol. The lowest BCUT2D eigenvalue weighted by Gasteiger charge is -2.15. The maximum absolute atomic E-state index is 12.7.